The summed E-state index contributed by atoms with van der Waals surface area (Å²) in [6, 6.07) is 8.74. The Bertz CT molecular complexity index is 1540. The van der Waals surface area contributed by atoms with Gasteiger partial charge in [-0.3, -0.25) is 19.3 Å². The molecule has 16 atom stereocenters. The summed E-state index contributed by atoms with van der Waals surface area (Å²) in [6.45, 7) is 13.5. The third kappa shape index (κ3) is 3.40. The normalized spacial score (nSPS) is 48.6. The molecule has 246 valence electrons. The van der Waals surface area contributed by atoms with Crippen LogP contribution in [-0.2, 0) is 33.3 Å². The van der Waals surface area contributed by atoms with Gasteiger partial charge in [-0.05, 0) is 42.7 Å². The Kier molecular flexibility index (Phi) is 6.32. The van der Waals surface area contributed by atoms with Gasteiger partial charge >= 0.3 is 23.9 Å². The van der Waals surface area contributed by atoms with E-state index in [1.807, 2.05) is 13.0 Å². The minimum Gasteiger partial charge on any atom is -0.461 e. The molecule has 3 aliphatic heterocycles. The van der Waals surface area contributed by atoms with Crippen LogP contribution in [0.2, 0.25) is 0 Å². The second kappa shape index (κ2) is 9.66. The Labute approximate surface area is 268 Å². The van der Waals surface area contributed by atoms with Gasteiger partial charge in [0.1, 0.15) is 24.4 Å². The lowest BCUT2D eigenvalue weighted by Crippen LogP contribution is -2.75. The highest BCUT2D eigenvalue weighted by Crippen LogP contribution is 2.87. The summed E-state index contributed by atoms with van der Waals surface area (Å²) in [4.78, 5) is 55.4. The van der Waals surface area contributed by atoms with Gasteiger partial charge in [0.25, 0.3) is 0 Å². The molecule has 10 nitrogen and oxygen atoms in total. The summed E-state index contributed by atoms with van der Waals surface area (Å²) in [5, 5.41) is 12.1. The molecule has 3 heterocycles. The zero-order valence-electron chi connectivity index (χ0n) is 27.0. The highest BCUT2D eigenvalue weighted by atomic mass is 16.6. The molecule has 6 saturated carbocycles. The number of carbonyl (C=O) groups excluding carboxylic acids is 4. The molecule has 6 aliphatic carbocycles. The number of hydrogen-bond acceptors (Lipinski definition) is 10. The van der Waals surface area contributed by atoms with Gasteiger partial charge in [-0.25, -0.2) is 4.79 Å². The second-order valence-electron chi connectivity index (χ2n) is 15.5. The lowest BCUT2D eigenvalue weighted by molar-refractivity contribution is -0.282. The molecule has 9 fully saturated rings. The first kappa shape index (κ1) is 30.1. The number of benzene rings is 1. The molecule has 0 aromatic heterocycles. The molecule has 3 unspecified atom stereocenters. The van der Waals surface area contributed by atoms with Crippen molar-refractivity contribution >= 4 is 23.9 Å². The van der Waals surface area contributed by atoms with E-state index in [4.69, 9.17) is 18.9 Å². The number of nitrogens with zero attached hydrogens (tertiary/aromatic N) is 1. The lowest BCUT2D eigenvalue weighted by atomic mass is 9.38. The molecule has 1 aromatic carbocycles. The zero-order valence-corrected chi connectivity index (χ0v) is 27.0. The van der Waals surface area contributed by atoms with Gasteiger partial charge in [0.2, 0.25) is 0 Å². The summed E-state index contributed by atoms with van der Waals surface area (Å²) < 4.78 is 25.3. The minimum absolute atomic E-state index is 0.0762. The first-order valence-electron chi connectivity index (χ1n) is 16.7. The summed E-state index contributed by atoms with van der Waals surface area (Å²) in [5.41, 5.74) is -0.618. The molecule has 1 N–H and O–H groups in total. The van der Waals surface area contributed by atoms with Crippen molar-refractivity contribution in [2.45, 2.75) is 96.5 Å². The van der Waals surface area contributed by atoms with E-state index < -0.39 is 82.5 Å². The number of ether oxygens (including phenoxy) is 4. The number of hydrogen-bond donors (Lipinski definition) is 1. The molecule has 46 heavy (non-hydrogen) atoms. The monoisotopic (exact) mass is 633 g/mol. The predicted octanol–water partition coefficient (Wildman–Crippen LogP) is 3.31. The Morgan fingerprint density at radius 2 is 1.70 bits per heavy atom. The van der Waals surface area contributed by atoms with Crippen molar-refractivity contribution in [3.05, 3.63) is 48.0 Å². The maximum absolute atomic E-state index is 13.7. The van der Waals surface area contributed by atoms with E-state index in [2.05, 4.69) is 18.4 Å². The molecule has 10 rings (SSSR count). The zero-order chi connectivity index (χ0) is 32.7. The first-order chi connectivity index (χ1) is 21.8. The van der Waals surface area contributed by atoms with Crippen molar-refractivity contribution in [3.8, 4) is 0 Å². The summed E-state index contributed by atoms with van der Waals surface area (Å²) >= 11 is 0. The number of esters is 4. The fraction of sp³-hybridized carbons (Fsp3) is 0.667. The topological polar surface area (TPSA) is 129 Å². The van der Waals surface area contributed by atoms with Gasteiger partial charge < -0.3 is 24.1 Å². The van der Waals surface area contributed by atoms with Crippen LogP contribution in [0.25, 0.3) is 0 Å². The van der Waals surface area contributed by atoms with E-state index in [1.54, 1.807) is 31.2 Å². The Balaban J connectivity index is 1.33. The molecular weight excluding hydrogens is 590 g/mol. The molecule has 0 amide bonds. The average molecular weight is 634 g/mol. The molecular formula is C36H43NO9. The molecule has 0 radical (unpaired) electrons. The van der Waals surface area contributed by atoms with Crippen molar-refractivity contribution in [1.82, 2.24) is 4.90 Å². The van der Waals surface area contributed by atoms with Crippen LogP contribution in [0.4, 0.5) is 0 Å². The Morgan fingerprint density at radius 1 is 1.00 bits per heavy atom. The Morgan fingerprint density at radius 3 is 2.35 bits per heavy atom. The van der Waals surface area contributed by atoms with Crippen LogP contribution in [0, 0.1) is 45.8 Å². The smallest absolute Gasteiger partial charge is 0.338 e. The predicted molar refractivity (Wildman–Crippen MR) is 162 cm³/mol. The van der Waals surface area contributed by atoms with Gasteiger partial charge in [0, 0.05) is 55.1 Å². The van der Waals surface area contributed by atoms with Crippen LogP contribution in [0.15, 0.2) is 42.5 Å². The van der Waals surface area contributed by atoms with E-state index in [-0.39, 0.29) is 29.8 Å². The molecule has 1 aromatic rings. The third-order valence-electron chi connectivity index (χ3n) is 13.5. The number of aliphatic hydroxyl groups is 1. The molecule has 9 aliphatic rings. The van der Waals surface area contributed by atoms with Crippen molar-refractivity contribution in [2.75, 3.05) is 6.54 Å². The van der Waals surface area contributed by atoms with Gasteiger partial charge in [-0.2, -0.15) is 0 Å². The van der Waals surface area contributed by atoms with Crippen LogP contribution in [0.1, 0.15) is 64.2 Å². The van der Waals surface area contributed by atoms with Crippen LogP contribution < -0.4 is 0 Å². The van der Waals surface area contributed by atoms with Gasteiger partial charge in [0.05, 0.1) is 17.4 Å². The number of rotatable bonds is 7. The van der Waals surface area contributed by atoms with Crippen LogP contribution in [-0.4, -0.2) is 83.0 Å². The van der Waals surface area contributed by atoms with E-state index in [1.165, 1.54) is 13.8 Å². The van der Waals surface area contributed by atoms with Crippen molar-refractivity contribution < 1.29 is 43.2 Å². The maximum atomic E-state index is 13.7. The van der Waals surface area contributed by atoms with Gasteiger partial charge in [0.15, 0.2) is 6.10 Å². The van der Waals surface area contributed by atoms with Crippen LogP contribution in [0.3, 0.4) is 0 Å². The number of fused-ring (bicyclic) bond motifs is 1. The second-order valence-corrected chi connectivity index (χ2v) is 15.5. The maximum Gasteiger partial charge on any atom is 0.338 e. The highest BCUT2D eigenvalue weighted by Gasteiger charge is 2.95. The van der Waals surface area contributed by atoms with Gasteiger partial charge in [-0.1, -0.05) is 51.1 Å². The molecule has 10 heteroatoms. The molecule has 2 spiro atoms. The van der Waals surface area contributed by atoms with Crippen LogP contribution >= 0.6 is 0 Å². The first-order valence-corrected chi connectivity index (χ1v) is 16.7. The van der Waals surface area contributed by atoms with E-state index in [0.717, 1.165) is 12.0 Å². The average Bonchev–Trinajstić information content (AvgIpc) is 3.46. The molecule has 9 bridgehead atoms. The summed E-state index contributed by atoms with van der Waals surface area (Å²) in [5.74, 6) is -3.30. The van der Waals surface area contributed by atoms with E-state index in [9.17, 15) is 24.3 Å². The fourth-order valence-corrected chi connectivity index (χ4v) is 12.5. The lowest BCUT2D eigenvalue weighted by Gasteiger charge is -2.67. The van der Waals surface area contributed by atoms with E-state index in [0.29, 0.717) is 24.9 Å². The number of carbonyl (C=O) groups is 4. The standard InChI is InChI=1S/C36H43NO9/c1-7-16(2)32(41)46-26-30(40)34(6)15-37-21-14-35-13-17(3)22-24(45-33(42)20-11-9-8-10-12-20)23(35)29(37)36(27(21)34,31(26)44-19(5)39)28(35)25(22)43-18(4)38/h8-12,16,21-31,40H,3,7,13-15H2,1-2,4-6H3/t16?,21-,22-,23+,24?,25+,26-,27+,28+,29+,30+,31+,34-,35-,36+/m0/s1. The molecule has 3 saturated heterocycles. The quantitative estimate of drug-likeness (QED) is 0.271. The number of aliphatic hydroxyl groups excluding tert-OH is 1. The largest absolute Gasteiger partial charge is 0.461 e. The summed E-state index contributed by atoms with van der Waals surface area (Å²) in [7, 11) is 0. The number of piperidine rings is 2. The Hall–Kier alpha value is -3.24. The SMILES string of the molecule is C=C1C[C@]23C[C@H]4[C@@H]5[C@]6(C)CN4[C@@H]4[C@H]2C(OC(=O)c2ccccc2)[C@H]1[C@@H](OC(C)=O)[C@H]3[C@]54[C@H](OC(C)=O)[C@@H](OC(=O)C(C)CC)[C@H]6O. The van der Waals surface area contributed by atoms with Crippen molar-refractivity contribution in [2.24, 2.45) is 45.8 Å². The fourth-order valence-electron chi connectivity index (χ4n) is 12.5. The van der Waals surface area contributed by atoms with Gasteiger partial charge in [-0.15, -0.1) is 0 Å². The summed E-state index contributed by atoms with van der Waals surface area (Å²) in [6.07, 6.45) is -2.47. The van der Waals surface area contributed by atoms with Crippen LogP contribution in [0.5, 0.6) is 0 Å². The minimum atomic E-state index is -1.10. The van der Waals surface area contributed by atoms with E-state index >= 15 is 0 Å². The van der Waals surface area contributed by atoms with Crippen molar-refractivity contribution in [3.63, 3.8) is 0 Å². The van der Waals surface area contributed by atoms with Crippen molar-refractivity contribution in [1.29, 1.82) is 0 Å². The highest BCUT2D eigenvalue weighted by molar-refractivity contribution is 5.89. The third-order valence-corrected chi connectivity index (χ3v) is 13.5.